The molecule has 2 N–H and O–H groups in total. The van der Waals surface area contributed by atoms with E-state index in [9.17, 15) is 38.7 Å². The summed E-state index contributed by atoms with van der Waals surface area (Å²) in [5, 5.41) is 13.9. The third-order valence-electron chi connectivity index (χ3n) is 14.8. The number of likely N-dealkylation sites (tertiary alicyclic amines) is 1. The molecular weight excluding hydrogens is 964 g/mol. The predicted molar refractivity (Wildman–Crippen MR) is 267 cm³/mol. The molecule has 1 unspecified atom stereocenters. The molecule has 1 aliphatic carbocycles. The van der Waals surface area contributed by atoms with Gasteiger partial charge in [0.15, 0.2) is 5.72 Å². The number of carbonyl (C=O) groups excluding carboxylic acids is 7. The highest BCUT2D eigenvalue weighted by Crippen LogP contribution is 2.49. The number of hydrogen-bond donors (Lipinski definition) is 3. The van der Waals surface area contributed by atoms with E-state index in [1.54, 1.807) is 45.2 Å². The minimum Gasteiger partial charge on any atom is -0.495 e. The van der Waals surface area contributed by atoms with Crippen LogP contribution in [0.3, 0.4) is 0 Å². The lowest BCUT2D eigenvalue weighted by Crippen LogP contribution is -2.63. The maximum atomic E-state index is 14.4. The zero-order chi connectivity index (χ0) is 51.4. The zero-order valence-electron chi connectivity index (χ0n) is 41.6. The molecule has 70 heavy (non-hydrogen) atoms. The first-order chi connectivity index (χ1) is 33.0. The van der Waals surface area contributed by atoms with E-state index in [1.807, 2.05) is 19.9 Å². The maximum absolute atomic E-state index is 14.4. The largest absolute Gasteiger partial charge is 0.495 e. The number of benzene rings is 1. The lowest BCUT2D eigenvalue weighted by atomic mass is 9.77. The summed E-state index contributed by atoms with van der Waals surface area (Å²) < 4.78 is 29.4. The summed E-state index contributed by atoms with van der Waals surface area (Å²) in [6.07, 6.45) is 3.46. The van der Waals surface area contributed by atoms with Crippen LogP contribution >= 0.6 is 36.0 Å². The van der Waals surface area contributed by atoms with Crippen molar-refractivity contribution in [2.75, 3.05) is 51.3 Å². The molecule has 17 nitrogen and oxygen atoms in total. The number of nitrogens with one attached hydrogen (secondary N) is 1. The van der Waals surface area contributed by atoms with Crippen molar-refractivity contribution in [2.24, 2.45) is 23.7 Å². The molecule has 0 spiro atoms. The quantitative estimate of drug-likeness (QED) is 0.0883. The standard InChI is InChI=1S/C50H69ClN4O13S2/c1-27-11-10-12-38(65-9)50(63)24-36(66-48(62)52-50)29(3)45-49(5,68-45)39(23-41(57)54(7)34-20-32(19-27)21-35(64-8)43(34)51)67-47(61)30(4)53(6)40(56)17-18-70-37-22-42(58)55(46(37)60)25-31-13-15-33(16-14-31)44(59)28(2)26-69/h10-12,20-21,28-31,33,36-39,45,63,69H,13-19,22-26H2,1-9H3,(H,52,62)/b12-10+,27-11+/t28?,29-,30+,31?,33?,36+,37+,38-,39+,45+,49+,50+/m1/s1. The number of aliphatic hydroxyl groups is 1. The number of hydrogen-bond acceptors (Lipinski definition) is 15. The molecule has 1 saturated carbocycles. The number of thiol groups is 1. The van der Waals surface area contributed by atoms with Gasteiger partial charge in [-0.1, -0.05) is 49.2 Å². The Bertz CT molecular complexity index is 2240. The molecule has 1 aromatic rings. The number of nitrogens with zero attached hydrogens (tertiary/aromatic N) is 3. The Balaban J connectivity index is 1.13. The summed E-state index contributed by atoms with van der Waals surface area (Å²) in [5.41, 5.74) is -1.14. The number of likely N-dealkylation sites (N-methyl/N-ethyl adjacent to an activating group) is 1. The number of esters is 1. The second-order valence-corrected chi connectivity index (χ2v) is 21.8. The van der Waals surface area contributed by atoms with Crippen molar-refractivity contribution < 1.29 is 62.4 Å². The van der Waals surface area contributed by atoms with Crippen LogP contribution in [-0.2, 0) is 54.1 Å². The molecule has 0 radical (unpaired) electrons. The number of alkyl carbamates (subject to hydrolysis) is 1. The van der Waals surface area contributed by atoms with Crippen LogP contribution in [0.4, 0.5) is 10.5 Å². The third kappa shape index (κ3) is 12.4. The van der Waals surface area contributed by atoms with Crippen LogP contribution in [-0.4, -0.2) is 150 Å². The molecule has 20 heteroatoms. The van der Waals surface area contributed by atoms with Crippen molar-refractivity contribution in [3.05, 3.63) is 46.5 Å². The van der Waals surface area contributed by atoms with Gasteiger partial charge in [0.1, 0.15) is 46.5 Å². The van der Waals surface area contributed by atoms with E-state index in [-0.39, 0.29) is 71.8 Å². The summed E-state index contributed by atoms with van der Waals surface area (Å²) in [6, 6.07) is 2.43. The van der Waals surface area contributed by atoms with Gasteiger partial charge in [0.2, 0.25) is 23.6 Å². The van der Waals surface area contributed by atoms with Gasteiger partial charge in [0, 0.05) is 70.5 Å². The van der Waals surface area contributed by atoms with Gasteiger partial charge in [-0.15, -0.1) is 11.8 Å². The van der Waals surface area contributed by atoms with Gasteiger partial charge in [-0.2, -0.15) is 12.6 Å². The molecule has 0 aromatic heterocycles. The van der Waals surface area contributed by atoms with Crippen molar-refractivity contribution in [3.8, 4) is 5.75 Å². The first-order valence-electron chi connectivity index (χ1n) is 24.0. The van der Waals surface area contributed by atoms with E-state index < -0.39 is 76.8 Å². The van der Waals surface area contributed by atoms with Gasteiger partial charge in [-0.25, -0.2) is 9.59 Å². The Morgan fingerprint density at radius 3 is 2.44 bits per heavy atom. The highest BCUT2D eigenvalue weighted by molar-refractivity contribution is 8.00. The smallest absolute Gasteiger partial charge is 0.409 e. The monoisotopic (exact) mass is 1030 g/mol. The summed E-state index contributed by atoms with van der Waals surface area (Å²) in [5.74, 6) is -1.50. The Labute approximate surface area is 425 Å². The lowest BCUT2D eigenvalue weighted by molar-refractivity contribution is -0.162. The number of fused-ring (bicyclic) bond motifs is 5. The lowest BCUT2D eigenvalue weighted by Gasteiger charge is -2.42. The third-order valence-corrected chi connectivity index (χ3v) is 16.9. The highest BCUT2D eigenvalue weighted by Gasteiger charge is 2.64. The Hall–Kier alpha value is -4.14. The van der Waals surface area contributed by atoms with E-state index in [4.69, 9.17) is 35.3 Å². The molecule has 5 amide bonds. The highest BCUT2D eigenvalue weighted by atomic mass is 35.5. The number of imide groups is 1. The predicted octanol–water partition coefficient (Wildman–Crippen LogP) is 5.71. The van der Waals surface area contributed by atoms with Gasteiger partial charge in [0.25, 0.3) is 0 Å². The minimum absolute atomic E-state index is 0.0113. The number of ketones is 1. The summed E-state index contributed by atoms with van der Waals surface area (Å²) in [7, 11) is 5.91. The summed E-state index contributed by atoms with van der Waals surface area (Å²) in [4.78, 5) is 98.1. The number of carbonyl (C=O) groups is 7. The number of Topliss-reactive ketones (excluding diaryl/α,β-unsaturated/α-hetero) is 1. The van der Waals surface area contributed by atoms with Crippen LogP contribution < -0.4 is 15.0 Å². The molecule has 3 saturated heterocycles. The second-order valence-electron chi connectivity index (χ2n) is 19.8. The van der Waals surface area contributed by atoms with E-state index in [1.165, 1.54) is 54.7 Å². The van der Waals surface area contributed by atoms with E-state index >= 15 is 0 Å². The fourth-order valence-electron chi connectivity index (χ4n) is 10.0. The molecule has 6 rings (SSSR count). The fraction of sp³-hybridized carbons (Fsp3) is 0.660. The molecule has 10 atom stereocenters. The minimum atomic E-state index is -1.87. The normalized spacial score (nSPS) is 32.7. The van der Waals surface area contributed by atoms with Crippen molar-refractivity contribution >= 4 is 83.2 Å². The molecule has 1 aromatic carbocycles. The summed E-state index contributed by atoms with van der Waals surface area (Å²) >= 11 is 12.3. The average molecular weight is 1030 g/mol. The van der Waals surface area contributed by atoms with Crippen LogP contribution in [0.25, 0.3) is 0 Å². The van der Waals surface area contributed by atoms with Crippen molar-refractivity contribution in [1.82, 2.24) is 15.1 Å². The first kappa shape index (κ1) is 55.2. The van der Waals surface area contributed by atoms with Crippen LogP contribution in [0.2, 0.25) is 5.02 Å². The number of methoxy groups -OCH3 is 2. The zero-order valence-corrected chi connectivity index (χ0v) is 44.0. The molecule has 4 fully saturated rings. The number of rotatable bonds is 14. The average Bonchev–Trinajstić information content (AvgIpc) is 3.96. The van der Waals surface area contributed by atoms with Gasteiger partial charge >= 0.3 is 12.1 Å². The fourth-order valence-corrected chi connectivity index (χ4v) is 11.6. The van der Waals surface area contributed by atoms with E-state index in [2.05, 4.69) is 17.9 Å². The maximum Gasteiger partial charge on any atom is 0.409 e. The molecule has 4 heterocycles. The number of amides is 5. The number of allylic oxidation sites excluding steroid dienone is 3. The number of epoxide rings is 1. The van der Waals surface area contributed by atoms with Crippen LogP contribution in [0.1, 0.15) is 91.5 Å². The van der Waals surface area contributed by atoms with Crippen LogP contribution in [0, 0.1) is 23.7 Å². The van der Waals surface area contributed by atoms with Gasteiger partial charge in [-0.3, -0.25) is 34.2 Å². The molecule has 4 bridgehead atoms. The topological polar surface area (TPSA) is 211 Å². The number of anilines is 1. The number of halogens is 1. The molecule has 5 aliphatic rings. The Kier molecular flexibility index (Phi) is 18.3. The van der Waals surface area contributed by atoms with Crippen LogP contribution in [0.15, 0.2) is 35.9 Å². The van der Waals surface area contributed by atoms with E-state index in [0.29, 0.717) is 30.2 Å². The Morgan fingerprint density at radius 2 is 1.79 bits per heavy atom. The number of thioether (sulfide) groups is 1. The van der Waals surface area contributed by atoms with E-state index in [0.717, 1.165) is 36.8 Å². The number of ether oxygens (including phenoxy) is 5. The van der Waals surface area contributed by atoms with Crippen molar-refractivity contribution in [2.45, 2.75) is 139 Å². The van der Waals surface area contributed by atoms with Gasteiger partial charge in [0.05, 0.1) is 30.6 Å². The molecule has 386 valence electrons. The van der Waals surface area contributed by atoms with Gasteiger partial charge < -0.3 is 38.6 Å². The van der Waals surface area contributed by atoms with Gasteiger partial charge in [-0.05, 0) is 82.2 Å². The van der Waals surface area contributed by atoms with Crippen molar-refractivity contribution in [3.63, 3.8) is 0 Å². The molecular formula is C50H69ClN4O13S2. The van der Waals surface area contributed by atoms with Crippen molar-refractivity contribution in [1.29, 1.82) is 0 Å². The SMILES string of the molecule is COc1cc2cc(c1Cl)N(C)C(=O)C[C@H](OC(=O)[C@H](C)N(C)C(=O)CCS[C@H]1CC(=O)N(CC3CCC(C(=O)C(C)CS)CC3)C1=O)[C@]1(C)O[C@H]1[C@H](C)[C@@H]1C[C@@](O)(NC(=O)O1)[C@H](OC)/C=C/C=C(\C)C2. The Morgan fingerprint density at radius 1 is 1.09 bits per heavy atom. The first-order valence-corrected chi connectivity index (χ1v) is 26.1. The summed E-state index contributed by atoms with van der Waals surface area (Å²) in [6.45, 7) is 9.09. The second kappa shape index (κ2) is 23.2. The van der Waals surface area contributed by atoms with Crippen LogP contribution in [0.5, 0.6) is 5.75 Å². The molecule has 4 aliphatic heterocycles.